The summed E-state index contributed by atoms with van der Waals surface area (Å²) in [6, 6.07) is 0. The Hall–Kier alpha value is -0.660. The van der Waals surface area contributed by atoms with Crippen LogP contribution in [0.3, 0.4) is 0 Å². The summed E-state index contributed by atoms with van der Waals surface area (Å²) < 4.78 is 26.3. The van der Waals surface area contributed by atoms with E-state index in [2.05, 4.69) is 9.44 Å². The van der Waals surface area contributed by atoms with Crippen LogP contribution < -0.4 is 9.44 Å². The fourth-order valence-corrected chi connectivity index (χ4v) is 1.56. The molecule has 0 aromatic carbocycles. The molecule has 0 rings (SSSR count). The molecule has 0 bridgehead atoms. The average Bonchev–Trinajstić information content (AvgIpc) is 2.14. The molecule has 0 amide bonds. The van der Waals surface area contributed by atoms with Gasteiger partial charge < -0.3 is 5.11 Å². The highest BCUT2D eigenvalue weighted by Crippen LogP contribution is 2.09. The minimum Gasteiger partial charge on any atom is -0.481 e. The van der Waals surface area contributed by atoms with E-state index in [0.29, 0.717) is 19.4 Å². The van der Waals surface area contributed by atoms with Crippen LogP contribution in [-0.4, -0.2) is 33.1 Å². The molecule has 0 saturated carbocycles. The molecule has 0 heterocycles. The van der Waals surface area contributed by atoms with Gasteiger partial charge in [0.15, 0.2) is 0 Å². The summed E-state index contributed by atoms with van der Waals surface area (Å²) in [7, 11) is -2.03. The molecule has 3 N–H and O–H groups in total. The van der Waals surface area contributed by atoms with Gasteiger partial charge in [-0.1, -0.05) is 6.92 Å². The van der Waals surface area contributed by atoms with Gasteiger partial charge in [0.25, 0.3) is 10.2 Å². The lowest BCUT2D eigenvalue weighted by molar-refractivity contribution is -0.137. The van der Waals surface area contributed by atoms with Crippen LogP contribution in [0.4, 0.5) is 0 Å². The van der Waals surface area contributed by atoms with Gasteiger partial charge in [-0.15, -0.1) is 0 Å². The minimum atomic E-state index is -3.36. The number of rotatable bonds is 8. The first-order valence-corrected chi connectivity index (χ1v) is 6.25. The molecule has 0 saturated heterocycles. The fourth-order valence-electron chi connectivity index (χ4n) is 1.03. The SMILES string of the molecule is CNS(=O)(=O)NCCC(C)CCC(=O)O. The zero-order valence-corrected chi connectivity index (χ0v) is 9.80. The van der Waals surface area contributed by atoms with Gasteiger partial charge in [0.1, 0.15) is 0 Å². The van der Waals surface area contributed by atoms with Crippen molar-refractivity contribution in [2.24, 2.45) is 5.92 Å². The zero-order valence-electron chi connectivity index (χ0n) is 8.99. The van der Waals surface area contributed by atoms with Gasteiger partial charge in [0.2, 0.25) is 0 Å². The molecule has 0 aromatic rings. The van der Waals surface area contributed by atoms with Crippen molar-refractivity contribution in [1.29, 1.82) is 0 Å². The Morgan fingerprint density at radius 3 is 2.47 bits per heavy atom. The molecule has 0 aliphatic rings. The minimum absolute atomic E-state index is 0.125. The molecule has 15 heavy (non-hydrogen) atoms. The van der Waals surface area contributed by atoms with E-state index in [0.717, 1.165) is 0 Å². The molecule has 90 valence electrons. The second-order valence-corrected chi connectivity index (χ2v) is 5.13. The zero-order chi connectivity index (χ0) is 11.9. The number of carboxylic acid groups (broad SMARTS) is 1. The van der Waals surface area contributed by atoms with Crippen molar-refractivity contribution in [2.75, 3.05) is 13.6 Å². The summed E-state index contributed by atoms with van der Waals surface area (Å²) >= 11 is 0. The number of hydrogen-bond donors (Lipinski definition) is 3. The van der Waals surface area contributed by atoms with Gasteiger partial charge in [0.05, 0.1) is 0 Å². The quantitative estimate of drug-likeness (QED) is 0.551. The van der Waals surface area contributed by atoms with E-state index < -0.39 is 16.2 Å². The summed E-state index contributed by atoms with van der Waals surface area (Å²) in [6.45, 7) is 2.22. The van der Waals surface area contributed by atoms with Crippen LogP contribution in [0.5, 0.6) is 0 Å². The van der Waals surface area contributed by atoms with Crippen molar-refractivity contribution < 1.29 is 18.3 Å². The number of carboxylic acids is 1. The molecular formula is C8H18N2O4S. The van der Waals surface area contributed by atoms with Crippen LogP contribution >= 0.6 is 0 Å². The van der Waals surface area contributed by atoms with Gasteiger partial charge in [-0.2, -0.15) is 8.42 Å². The van der Waals surface area contributed by atoms with Crippen molar-refractivity contribution in [3.05, 3.63) is 0 Å². The number of carbonyl (C=O) groups is 1. The highest BCUT2D eigenvalue weighted by atomic mass is 32.2. The molecule has 0 aromatic heterocycles. The normalized spacial score (nSPS) is 13.7. The topological polar surface area (TPSA) is 95.5 Å². The lowest BCUT2D eigenvalue weighted by Gasteiger charge is -2.10. The fraction of sp³-hybridized carbons (Fsp3) is 0.875. The maximum absolute atomic E-state index is 10.9. The largest absolute Gasteiger partial charge is 0.481 e. The Kier molecular flexibility index (Phi) is 6.46. The predicted octanol–water partition coefficient (Wildman–Crippen LogP) is -0.0688. The maximum Gasteiger partial charge on any atom is 0.303 e. The highest BCUT2D eigenvalue weighted by molar-refractivity contribution is 7.87. The van der Waals surface area contributed by atoms with Crippen molar-refractivity contribution in [1.82, 2.24) is 9.44 Å². The van der Waals surface area contributed by atoms with E-state index >= 15 is 0 Å². The second kappa shape index (κ2) is 6.76. The molecule has 0 aliphatic heterocycles. The summed E-state index contributed by atoms with van der Waals surface area (Å²) in [4.78, 5) is 10.3. The first-order chi connectivity index (χ1) is 6.87. The van der Waals surface area contributed by atoms with Crippen molar-refractivity contribution >= 4 is 16.2 Å². The van der Waals surface area contributed by atoms with Crippen molar-refractivity contribution in [3.8, 4) is 0 Å². The van der Waals surface area contributed by atoms with Gasteiger partial charge in [-0.05, 0) is 18.8 Å². The number of nitrogens with one attached hydrogen (secondary N) is 2. The third-order valence-corrected chi connectivity index (χ3v) is 3.17. The van der Waals surface area contributed by atoms with Crippen LogP contribution in [-0.2, 0) is 15.0 Å². The third kappa shape index (κ3) is 8.34. The Bertz CT molecular complexity index is 289. The Morgan fingerprint density at radius 2 is 2.00 bits per heavy atom. The van der Waals surface area contributed by atoms with E-state index in [1.807, 2.05) is 6.92 Å². The van der Waals surface area contributed by atoms with Crippen molar-refractivity contribution in [2.45, 2.75) is 26.2 Å². The number of hydrogen-bond acceptors (Lipinski definition) is 3. The van der Waals surface area contributed by atoms with E-state index in [1.165, 1.54) is 7.05 Å². The van der Waals surface area contributed by atoms with Gasteiger partial charge >= 0.3 is 5.97 Å². The Balaban J connectivity index is 3.64. The van der Waals surface area contributed by atoms with E-state index in [1.54, 1.807) is 0 Å². The molecule has 1 unspecified atom stereocenters. The van der Waals surface area contributed by atoms with Gasteiger partial charge in [-0.3, -0.25) is 4.79 Å². The predicted molar refractivity (Wildman–Crippen MR) is 56.6 cm³/mol. The summed E-state index contributed by atoms with van der Waals surface area (Å²) in [5, 5.41) is 8.43. The summed E-state index contributed by atoms with van der Waals surface area (Å²) in [5.41, 5.74) is 0. The van der Waals surface area contributed by atoms with E-state index in [4.69, 9.17) is 5.11 Å². The van der Waals surface area contributed by atoms with Crippen LogP contribution in [0.1, 0.15) is 26.2 Å². The summed E-state index contributed by atoms with van der Waals surface area (Å²) in [6.07, 6.45) is 1.32. The molecule has 0 radical (unpaired) electrons. The monoisotopic (exact) mass is 238 g/mol. The molecule has 0 spiro atoms. The molecule has 7 heteroatoms. The van der Waals surface area contributed by atoms with Crippen LogP contribution in [0.2, 0.25) is 0 Å². The van der Waals surface area contributed by atoms with Crippen molar-refractivity contribution in [3.63, 3.8) is 0 Å². The lowest BCUT2D eigenvalue weighted by atomic mass is 10.0. The second-order valence-electron chi connectivity index (χ2n) is 3.43. The third-order valence-electron chi connectivity index (χ3n) is 2.05. The lowest BCUT2D eigenvalue weighted by Crippen LogP contribution is -2.35. The van der Waals surface area contributed by atoms with E-state index in [9.17, 15) is 13.2 Å². The summed E-state index contributed by atoms with van der Waals surface area (Å²) in [5.74, 6) is -0.627. The standard InChI is InChI=1S/C8H18N2O4S/c1-7(3-4-8(11)12)5-6-10-15(13,14)9-2/h7,9-10H,3-6H2,1-2H3,(H,11,12). The molecular weight excluding hydrogens is 220 g/mol. The first kappa shape index (κ1) is 14.3. The molecule has 0 fully saturated rings. The van der Waals surface area contributed by atoms with E-state index in [-0.39, 0.29) is 12.3 Å². The Morgan fingerprint density at radius 1 is 1.40 bits per heavy atom. The van der Waals surface area contributed by atoms with Crippen LogP contribution in [0, 0.1) is 5.92 Å². The van der Waals surface area contributed by atoms with Gasteiger partial charge in [-0.25, -0.2) is 9.44 Å². The van der Waals surface area contributed by atoms with Gasteiger partial charge in [0, 0.05) is 20.0 Å². The van der Waals surface area contributed by atoms with Crippen LogP contribution in [0.15, 0.2) is 0 Å². The highest BCUT2D eigenvalue weighted by Gasteiger charge is 2.08. The molecule has 6 nitrogen and oxygen atoms in total. The Labute approximate surface area is 90.2 Å². The molecule has 0 aliphatic carbocycles. The smallest absolute Gasteiger partial charge is 0.303 e. The average molecular weight is 238 g/mol. The maximum atomic E-state index is 10.9. The van der Waals surface area contributed by atoms with Crippen LogP contribution in [0.25, 0.3) is 0 Å². The molecule has 1 atom stereocenters. The number of aliphatic carboxylic acids is 1. The first-order valence-electron chi connectivity index (χ1n) is 4.77.